The van der Waals surface area contributed by atoms with Gasteiger partial charge in [-0.25, -0.2) is 0 Å². The Kier molecular flexibility index (Phi) is 3.72. The van der Waals surface area contributed by atoms with E-state index in [0.717, 1.165) is 4.57 Å². The fourth-order valence-electron chi connectivity index (χ4n) is 0.512. The summed E-state index contributed by atoms with van der Waals surface area (Å²) >= 11 is 2.90. The van der Waals surface area contributed by atoms with Crippen molar-refractivity contribution in [2.24, 2.45) is 0 Å². The average molecular weight is 210 g/mol. The third kappa shape index (κ3) is 3.66. The van der Waals surface area contributed by atoms with Crippen LogP contribution in [0.25, 0.3) is 0 Å². The van der Waals surface area contributed by atoms with Gasteiger partial charge >= 0.3 is 79.0 Å². The molecule has 3 heteroatoms. The first kappa shape index (κ1) is 11.6. The second-order valence-corrected chi connectivity index (χ2v) is 9.98. The van der Waals surface area contributed by atoms with E-state index in [1.807, 2.05) is 6.92 Å². The predicted octanol–water partition coefficient (Wildman–Crippen LogP) is 2.70. The van der Waals surface area contributed by atoms with Gasteiger partial charge in [-0.05, 0) is 0 Å². The first-order chi connectivity index (χ1) is 4.67. The Hall–Kier alpha value is 0.579. The molecule has 0 amide bonds. The Morgan fingerprint density at radius 1 is 1.27 bits per heavy atom. The van der Waals surface area contributed by atoms with Crippen LogP contribution in [0, 0.1) is 0 Å². The van der Waals surface area contributed by atoms with Crippen molar-refractivity contribution in [1.29, 1.82) is 0 Å². The zero-order valence-electron chi connectivity index (χ0n) is 8.32. The number of hydrogen-bond donors (Lipinski definition) is 0. The summed E-state index contributed by atoms with van der Waals surface area (Å²) in [5.74, 6) is 0. The monoisotopic (exact) mass is 210 g/mol. The van der Waals surface area contributed by atoms with Crippen molar-refractivity contribution in [3.8, 4) is 0 Å². The molecule has 0 saturated heterocycles. The fraction of sp³-hybridized carbons (Fsp3) is 0.875. The number of rotatable bonds is 2. The van der Waals surface area contributed by atoms with E-state index >= 15 is 0 Å². The molecule has 0 aliphatic rings. The zero-order valence-corrected chi connectivity index (χ0v) is 10.6. The van der Waals surface area contributed by atoms with Gasteiger partial charge in [-0.15, -0.1) is 0 Å². The maximum atomic E-state index is 5.80. The van der Waals surface area contributed by atoms with E-state index in [1.165, 1.54) is 0 Å². The van der Waals surface area contributed by atoms with Gasteiger partial charge < -0.3 is 0 Å². The van der Waals surface area contributed by atoms with Crippen molar-refractivity contribution in [2.45, 2.75) is 45.8 Å². The molecule has 0 atom stereocenters. The molecule has 0 spiro atoms. The van der Waals surface area contributed by atoms with Crippen LogP contribution in [0.5, 0.6) is 0 Å². The predicted molar refractivity (Wildman–Crippen MR) is 49.0 cm³/mol. The van der Waals surface area contributed by atoms with E-state index in [0.29, 0.717) is 5.04 Å². The molecule has 0 radical (unpaired) electrons. The Labute approximate surface area is 79.2 Å². The van der Waals surface area contributed by atoms with Crippen LogP contribution >= 0.6 is 0 Å². The third-order valence-electron chi connectivity index (χ3n) is 2.21. The minimum atomic E-state index is -1.54. The molecule has 0 aliphatic carbocycles. The van der Waals surface area contributed by atoms with Gasteiger partial charge in [-0.3, -0.25) is 0 Å². The minimum absolute atomic E-state index is 0.304. The molecule has 0 fully saturated rings. The summed E-state index contributed by atoms with van der Waals surface area (Å²) in [7, 11) is -1.54. The molecule has 0 aromatic carbocycles. The molecule has 11 heavy (non-hydrogen) atoms. The van der Waals surface area contributed by atoms with Crippen LogP contribution in [0.3, 0.4) is 0 Å². The van der Waals surface area contributed by atoms with Crippen LogP contribution < -0.4 is 0 Å². The Bertz CT molecular complexity index is 158. The standard InChI is InChI=1S/C8H18OSi.Cr/c1-7-9-10(5,6)8(2,3)4;/h1-6H3;. The van der Waals surface area contributed by atoms with E-state index in [9.17, 15) is 0 Å². The van der Waals surface area contributed by atoms with Gasteiger partial charge in [0.25, 0.3) is 0 Å². The molecule has 1 nitrogen and oxygen atoms in total. The summed E-state index contributed by atoms with van der Waals surface area (Å²) in [6, 6.07) is 0. The first-order valence-corrected chi connectivity index (χ1v) is 7.41. The second kappa shape index (κ2) is 3.53. The summed E-state index contributed by atoms with van der Waals surface area (Å²) in [5.41, 5.74) is 0. The summed E-state index contributed by atoms with van der Waals surface area (Å²) in [6.07, 6.45) is 0. The van der Waals surface area contributed by atoms with Gasteiger partial charge in [0.05, 0.1) is 0 Å². The van der Waals surface area contributed by atoms with Gasteiger partial charge in [0.1, 0.15) is 0 Å². The molecular formula is C8H18CrOSi. The molecule has 0 heterocycles. The molecule has 0 saturated carbocycles. The van der Waals surface area contributed by atoms with Crippen molar-refractivity contribution in [3.05, 3.63) is 0 Å². The zero-order chi connectivity index (χ0) is 9.28. The molecule has 0 aromatic rings. The second-order valence-electron chi connectivity index (χ2n) is 4.35. The SMILES string of the molecule is C[C](=[Cr])O[Si](C)(C)C(C)(C)C. The van der Waals surface area contributed by atoms with Gasteiger partial charge in [0.2, 0.25) is 0 Å². The van der Waals surface area contributed by atoms with Gasteiger partial charge in [0.15, 0.2) is 0 Å². The van der Waals surface area contributed by atoms with Crippen LogP contribution in [0.15, 0.2) is 0 Å². The Morgan fingerprint density at radius 3 is 1.73 bits per heavy atom. The van der Waals surface area contributed by atoms with Crippen LogP contribution in [-0.4, -0.2) is 12.9 Å². The Morgan fingerprint density at radius 2 is 1.64 bits per heavy atom. The first-order valence-electron chi connectivity index (χ1n) is 3.86. The van der Waals surface area contributed by atoms with Gasteiger partial charge in [-0.1, -0.05) is 0 Å². The molecule has 0 bridgehead atoms. The van der Waals surface area contributed by atoms with Crippen molar-refractivity contribution < 1.29 is 20.3 Å². The topological polar surface area (TPSA) is 9.23 Å². The van der Waals surface area contributed by atoms with E-state index in [1.54, 1.807) is 0 Å². The Balaban J connectivity index is 4.34. The maximum absolute atomic E-state index is 5.80. The van der Waals surface area contributed by atoms with Crippen LogP contribution in [-0.2, 0) is 20.3 Å². The van der Waals surface area contributed by atoms with E-state index in [4.69, 9.17) is 4.43 Å². The normalized spacial score (nSPS) is 13.3. The van der Waals surface area contributed by atoms with Crippen LogP contribution in [0.1, 0.15) is 27.7 Å². The molecule has 0 rings (SSSR count). The van der Waals surface area contributed by atoms with Gasteiger partial charge in [0, 0.05) is 0 Å². The summed E-state index contributed by atoms with van der Waals surface area (Å²) in [5, 5.41) is 0.304. The molecule has 66 valence electrons. The molecule has 0 unspecified atom stereocenters. The molecule has 0 N–H and O–H groups in total. The molecule has 0 aliphatic heterocycles. The van der Waals surface area contributed by atoms with E-state index in [2.05, 4.69) is 49.7 Å². The molecular weight excluding hydrogens is 192 g/mol. The van der Waals surface area contributed by atoms with Crippen LogP contribution in [0.2, 0.25) is 18.1 Å². The van der Waals surface area contributed by atoms with Crippen molar-refractivity contribution in [3.63, 3.8) is 0 Å². The summed E-state index contributed by atoms with van der Waals surface area (Å²) < 4.78 is 6.77. The van der Waals surface area contributed by atoms with E-state index < -0.39 is 8.32 Å². The number of hydrogen-bond acceptors (Lipinski definition) is 1. The third-order valence-corrected chi connectivity index (χ3v) is 7.01. The van der Waals surface area contributed by atoms with Crippen molar-refractivity contribution in [2.75, 3.05) is 0 Å². The fourth-order valence-corrected chi connectivity index (χ4v) is 2.51. The molecule has 0 aromatic heterocycles. The van der Waals surface area contributed by atoms with E-state index in [-0.39, 0.29) is 0 Å². The summed E-state index contributed by atoms with van der Waals surface area (Å²) in [6.45, 7) is 13.2. The average Bonchev–Trinajstić information content (AvgIpc) is 1.56. The quantitative estimate of drug-likeness (QED) is 0.637. The summed E-state index contributed by atoms with van der Waals surface area (Å²) in [4.78, 5) is 0. The van der Waals surface area contributed by atoms with Crippen molar-refractivity contribution >= 4 is 12.9 Å². The van der Waals surface area contributed by atoms with Gasteiger partial charge in [-0.2, -0.15) is 0 Å². The van der Waals surface area contributed by atoms with Crippen LogP contribution in [0.4, 0.5) is 0 Å². The van der Waals surface area contributed by atoms with Crippen molar-refractivity contribution in [1.82, 2.24) is 0 Å².